The molecule has 2 heterocycles. The van der Waals surface area contributed by atoms with Crippen molar-refractivity contribution in [2.45, 2.75) is 31.0 Å². The quantitative estimate of drug-likeness (QED) is 0.672. The highest BCUT2D eigenvalue weighted by Gasteiger charge is 2.45. The summed E-state index contributed by atoms with van der Waals surface area (Å²) in [5.41, 5.74) is 0.861. The highest BCUT2D eigenvalue weighted by molar-refractivity contribution is 5.97. The van der Waals surface area contributed by atoms with Crippen molar-refractivity contribution in [1.82, 2.24) is 10.2 Å². The molecule has 0 radical (unpaired) electrons. The van der Waals surface area contributed by atoms with Gasteiger partial charge in [-0.1, -0.05) is 12.1 Å². The predicted molar refractivity (Wildman–Crippen MR) is 69.9 cm³/mol. The average Bonchev–Trinajstić information content (AvgIpc) is 2.81. The Hall–Kier alpha value is -2.08. The number of carbonyl (C=O) groups is 2. The van der Waals surface area contributed by atoms with Crippen LogP contribution in [0.1, 0.15) is 12.0 Å². The minimum atomic E-state index is -0.623. The van der Waals surface area contributed by atoms with Crippen molar-refractivity contribution >= 4 is 11.8 Å². The predicted octanol–water partition coefficient (Wildman–Crippen LogP) is -0.605. The summed E-state index contributed by atoms with van der Waals surface area (Å²) >= 11 is 0. The molecular weight excluding hydrogens is 260 g/mol. The number of aliphatic hydroxyl groups is 1. The van der Waals surface area contributed by atoms with Gasteiger partial charge in [0.2, 0.25) is 11.8 Å². The molecule has 3 rings (SSSR count). The van der Waals surface area contributed by atoms with E-state index in [0.717, 1.165) is 5.56 Å². The van der Waals surface area contributed by atoms with Gasteiger partial charge in [0.25, 0.3) is 0 Å². The van der Waals surface area contributed by atoms with E-state index < -0.39 is 18.2 Å². The lowest BCUT2D eigenvalue weighted by molar-refractivity contribution is -0.147. The number of amides is 2. The Bertz CT molecular complexity index is 543. The third kappa shape index (κ3) is 2.22. The maximum Gasteiger partial charge on any atom is 0.246 e. The van der Waals surface area contributed by atoms with Gasteiger partial charge < -0.3 is 20.4 Å². The van der Waals surface area contributed by atoms with Gasteiger partial charge in [0.15, 0.2) is 0 Å². The largest absolute Gasteiger partial charge is 0.508 e. The molecule has 1 aromatic carbocycles. The zero-order valence-corrected chi connectivity index (χ0v) is 10.8. The third-order valence-corrected chi connectivity index (χ3v) is 3.86. The molecule has 1 aromatic rings. The van der Waals surface area contributed by atoms with Gasteiger partial charge >= 0.3 is 0 Å². The molecule has 2 fully saturated rings. The number of aliphatic hydroxyl groups excluding tert-OH is 1. The van der Waals surface area contributed by atoms with Crippen LogP contribution in [0.25, 0.3) is 0 Å². The summed E-state index contributed by atoms with van der Waals surface area (Å²) in [6.45, 7) is 0.225. The first-order valence-electron chi connectivity index (χ1n) is 6.61. The highest BCUT2D eigenvalue weighted by Crippen LogP contribution is 2.24. The lowest BCUT2D eigenvalue weighted by atomic mass is 10.0. The zero-order chi connectivity index (χ0) is 14.3. The molecule has 0 saturated carbocycles. The summed E-state index contributed by atoms with van der Waals surface area (Å²) in [4.78, 5) is 25.8. The number of rotatable bonds is 2. The van der Waals surface area contributed by atoms with Crippen LogP contribution in [-0.2, 0) is 16.0 Å². The van der Waals surface area contributed by atoms with Crippen LogP contribution in [0.4, 0.5) is 0 Å². The van der Waals surface area contributed by atoms with Gasteiger partial charge in [-0.25, -0.2) is 0 Å². The topological polar surface area (TPSA) is 89.9 Å². The molecule has 106 valence electrons. The Morgan fingerprint density at radius 2 is 1.95 bits per heavy atom. The van der Waals surface area contributed by atoms with E-state index in [1.165, 1.54) is 4.90 Å². The van der Waals surface area contributed by atoms with E-state index in [1.54, 1.807) is 24.3 Å². The van der Waals surface area contributed by atoms with E-state index in [9.17, 15) is 19.8 Å². The fourth-order valence-electron chi connectivity index (χ4n) is 2.84. The van der Waals surface area contributed by atoms with E-state index in [0.29, 0.717) is 12.8 Å². The van der Waals surface area contributed by atoms with E-state index >= 15 is 0 Å². The second-order valence-corrected chi connectivity index (χ2v) is 5.33. The normalized spacial score (nSPS) is 29.2. The minimum Gasteiger partial charge on any atom is -0.508 e. The van der Waals surface area contributed by atoms with Gasteiger partial charge in [-0.2, -0.15) is 0 Å². The Morgan fingerprint density at radius 3 is 2.65 bits per heavy atom. The molecule has 2 amide bonds. The first-order valence-corrected chi connectivity index (χ1v) is 6.61. The van der Waals surface area contributed by atoms with E-state index in [4.69, 9.17) is 0 Å². The first kappa shape index (κ1) is 12.9. The van der Waals surface area contributed by atoms with Crippen LogP contribution in [0.2, 0.25) is 0 Å². The van der Waals surface area contributed by atoms with Crippen molar-refractivity contribution in [3.05, 3.63) is 29.8 Å². The number of phenolic OH excluding ortho intramolecular Hbond substituents is 1. The van der Waals surface area contributed by atoms with Gasteiger partial charge in [0.05, 0.1) is 6.10 Å². The van der Waals surface area contributed by atoms with Crippen molar-refractivity contribution in [2.75, 3.05) is 6.54 Å². The Morgan fingerprint density at radius 1 is 1.25 bits per heavy atom. The molecule has 0 aliphatic carbocycles. The van der Waals surface area contributed by atoms with Crippen molar-refractivity contribution in [1.29, 1.82) is 0 Å². The summed E-state index contributed by atoms with van der Waals surface area (Å²) in [6.07, 6.45) is 0.0651. The lowest BCUT2D eigenvalue weighted by Gasteiger charge is -2.34. The number of nitrogens with one attached hydrogen (secondary N) is 1. The molecule has 0 aromatic heterocycles. The summed E-state index contributed by atoms with van der Waals surface area (Å²) in [5.74, 6) is -0.195. The van der Waals surface area contributed by atoms with Crippen LogP contribution in [0.15, 0.2) is 24.3 Å². The third-order valence-electron chi connectivity index (χ3n) is 3.86. The molecule has 2 aliphatic heterocycles. The van der Waals surface area contributed by atoms with Gasteiger partial charge in [0.1, 0.15) is 17.8 Å². The van der Waals surface area contributed by atoms with Crippen LogP contribution in [0, 0.1) is 0 Å². The number of phenols is 1. The van der Waals surface area contributed by atoms with Crippen LogP contribution in [-0.4, -0.2) is 51.7 Å². The van der Waals surface area contributed by atoms with E-state index in [2.05, 4.69) is 5.32 Å². The molecule has 2 saturated heterocycles. The fraction of sp³-hybridized carbons (Fsp3) is 0.429. The van der Waals surface area contributed by atoms with E-state index in [-0.39, 0.29) is 24.1 Å². The summed E-state index contributed by atoms with van der Waals surface area (Å²) in [5, 5.41) is 21.6. The van der Waals surface area contributed by atoms with Crippen LogP contribution >= 0.6 is 0 Å². The molecule has 6 heteroatoms. The summed E-state index contributed by atoms with van der Waals surface area (Å²) < 4.78 is 0. The van der Waals surface area contributed by atoms with Crippen LogP contribution < -0.4 is 5.32 Å². The second-order valence-electron chi connectivity index (χ2n) is 5.33. The van der Waals surface area contributed by atoms with Crippen molar-refractivity contribution in [3.8, 4) is 5.75 Å². The lowest BCUT2D eigenvalue weighted by Crippen LogP contribution is -2.61. The van der Waals surface area contributed by atoms with Crippen LogP contribution in [0.5, 0.6) is 5.75 Å². The van der Waals surface area contributed by atoms with Gasteiger partial charge in [-0.15, -0.1) is 0 Å². The number of benzene rings is 1. The van der Waals surface area contributed by atoms with Gasteiger partial charge in [-0.3, -0.25) is 9.59 Å². The summed E-state index contributed by atoms with van der Waals surface area (Å²) in [7, 11) is 0. The molecule has 0 bridgehead atoms. The molecule has 3 atom stereocenters. The van der Waals surface area contributed by atoms with Gasteiger partial charge in [0, 0.05) is 19.4 Å². The molecule has 6 nitrogen and oxygen atoms in total. The number of carbonyl (C=O) groups excluding carboxylic acids is 2. The SMILES string of the molecule is O=C1N[C@H](Cc2ccc(O)cc2)C(=O)N2C[C@@H](O)C[C@@H]12. The standard InChI is InChI=1S/C14H16N2O4/c17-9-3-1-8(2-4-9)5-11-14(20)16-7-10(18)6-12(16)13(19)15-11/h1-4,10-12,17-18H,5-7H2,(H,15,19)/t10-,11+,12-/m0/s1. The molecule has 3 N–H and O–H groups in total. The Labute approximate surface area is 116 Å². The smallest absolute Gasteiger partial charge is 0.246 e. The second kappa shape index (κ2) is 4.79. The molecule has 0 unspecified atom stereocenters. The summed E-state index contributed by atoms with van der Waals surface area (Å²) in [6, 6.07) is 5.40. The Balaban J connectivity index is 1.76. The number of nitrogens with zero attached hydrogens (tertiary/aromatic N) is 1. The number of piperazine rings is 1. The zero-order valence-electron chi connectivity index (χ0n) is 10.8. The fourth-order valence-corrected chi connectivity index (χ4v) is 2.84. The molecule has 20 heavy (non-hydrogen) atoms. The minimum absolute atomic E-state index is 0.153. The monoisotopic (exact) mass is 276 g/mol. The molecule has 2 aliphatic rings. The van der Waals surface area contributed by atoms with Gasteiger partial charge in [-0.05, 0) is 17.7 Å². The van der Waals surface area contributed by atoms with Crippen molar-refractivity contribution < 1.29 is 19.8 Å². The molecular formula is C14H16N2O4. The maximum absolute atomic E-state index is 12.3. The van der Waals surface area contributed by atoms with E-state index in [1.807, 2.05) is 0 Å². The van der Waals surface area contributed by atoms with Crippen LogP contribution in [0.3, 0.4) is 0 Å². The number of hydrogen-bond donors (Lipinski definition) is 3. The first-order chi connectivity index (χ1) is 9.54. The average molecular weight is 276 g/mol. The number of fused-ring (bicyclic) bond motifs is 1. The number of hydrogen-bond acceptors (Lipinski definition) is 4. The maximum atomic E-state index is 12.3. The molecule has 0 spiro atoms. The van der Waals surface area contributed by atoms with Crippen molar-refractivity contribution in [2.24, 2.45) is 0 Å². The number of aromatic hydroxyl groups is 1. The Kier molecular flexibility index (Phi) is 3.10. The van der Waals surface area contributed by atoms with Crippen molar-refractivity contribution in [3.63, 3.8) is 0 Å². The highest BCUT2D eigenvalue weighted by atomic mass is 16.3.